The van der Waals surface area contributed by atoms with Crippen molar-refractivity contribution in [2.45, 2.75) is 32.7 Å². The molecule has 2 atom stereocenters. The number of anilines is 1. The van der Waals surface area contributed by atoms with Crippen molar-refractivity contribution in [1.29, 1.82) is 0 Å². The summed E-state index contributed by atoms with van der Waals surface area (Å²) in [6.07, 6.45) is 4.18. The van der Waals surface area contributed by atoms with Crippen LogP contribution in [0.1, 0.15) is 30.7 Å². The highest BCUT2D eigenvalue weighted by atomic mass is 15.3. The lowest BCUT2D eigenvalue weighted by molar-refractivity contribution is 0.494. The molecule has 1 aromatic heterocycles. The molecule has 2 aliphatic rings. The third-order valence-electron chi connectivity index (χ3n) is 4.11. The van der Waals surface area contributed by atoms with Crippen LogP contribution in [0.5, 0.6) is 0 Å². The van der Waals surface area contributed by atoms with Crippen LogP contribution >= 0.6 is 0 Å². The average molecular weight is 232 g/mol. The maximum absolute atomic E-state index is 5.67. The number of aryl methyl sites for hydroxylation is 1. The molecular formula is C13H20N4. The summed E-state index contributed by atoms with van der Waals surface area (Å²) in [4.78, 5) is 11.4. The first-order chi connectivity index (χ1) is 8.26. The molecule has 1 saturated heterocycles. The zero-order valence-corrected chi connectivity index (χ0v) is 10.4. The number of hydrogen-bond donors (Lipinski definition) is 1. The summed E-state index contributed by atoms with van der Waals surface area (Å²) in [5.41, 5.74) is 7.64. The molecule has 4 heteroatoms. The summed E-state index contributed by atoms with van der Waals surface area (Å²) in [6.45, 7) is 4.79. The Morgan fingerprint density at radius 3 is 2.65 bits per heavy atom. The molecule has 1 aliphatic heterocycles. The fourth-order valence-electron chi connectivity index (χ4n) is 3.26. The third kappa shape index (κ3) is 2.02. The number of nitrogens with zero attached hydrogens (tertiary/aromatic N) is 3. The van der Waals surface area contributed by atoms with Gasteiger partial charge in [-0.05, 0) is 37.7 Å². The first-order valence-electron chi connectivity index (χ1n) is 6.56. The molecule has 4 nitrogen and oxygen atoms in total. The monoisotopic (exact) mass is 232 g/mol. The number of rotatable bonds is 2. The lowest BCUT2D eigenvalue weighted by atomic mass is 10.0. The molecule has 1 aromatic rings. The molecule has 92 valence electrons. The Bertz CT molecular complexity index is 406. The zero-order valence-electron chi connectivity index (χ0n) is 10.4. The first-order valence-corrected chi connectivity index (χ1v) is 6.56. The highest BCUT2D eigenvalue weighted by Gasteiger charge is 2.37. The Morgan fingerprint density at radius 1 is 1.29 bits per heavy atom. The lowest BCUT2D eigenvalue weighted by Crippen LogP contribution is -2.24. The van der Waals surface area contributed by atoms with Crippen LogP contribution in [-0.2, 0) is 6.54 Å². The molecule has 2 fully saturated rings. The molecule has 0 radical (unpaired) electrons. The minimum Gasteiger partial charge on any atom is -0.340 e. The van der Waals surface area contributed by atoms with Crippen LogP contribution < -0.4 is 10.6 Å². The molecule has 0 aromatic carbocycles. The molecule has 2 N–H and O–H groups in total. The summed E-state index contributed by atoms with van der Waals surface area (Å²) in [6, 6.07) is 1.97. The van der Waals surface area contributed by atoms with Gasteiger partial charge in [0.25, 0.3) is 0 Å². The van der Waals surface area contributed by atoms with Crippen molar-refractivity contribution in [3.63, 3.8) is 0 Å². The third-order valence-corrected chi connectivity index (χ3v) is 4.11. The number of aromatic nitrogens is 2. The van der Waals surface area contributed by atoms with Gasteiger partial charge in [-0.15, -0.1) is 0 Å². The number of fused-ring (bicyclic) bond motifs is 1. The second-order valence-corrected chi connectivity index (χ2v) is 5.36. The number of hydrogen-bond acceptors (Lipinski definition) is 4. The summed E-state index contributed by atoms with van der Waals surface area (Å²) in [7, 11) is 0. The quantitative estimate of drug-likeness (QED) is 0.839. The van der Waals surface area contributed by atoms with Crippen LogP contribution in [0.3, 0.4) is 0 Å². The maximum Gasteiger partial charge on any atom is 0.225 e. The van der Waals surface area contributed by atoms with Crippen molar-refractivity contribution in [3.05, 3.63) is 17.5 Å². The fourth-order valence-corrected chi connectivity index (χ4v) is 3.26. The SMILES string of the molecule is Cc1cc(CN)nc(N2CC3CCCC3C2)n1. The Labute approximate surface area is 102 Å². The van der Waals surface area contributed by atoms with Crippen molar-refractivity contribution in [2.75, 3.05) is 18.0 Å². The minimum absolute atomic E-state index is 0.497. The van der Waals surface area contributed by atoms with Gasteiger partial charge in [-0.2, -0.15) is 0 Å². The van der Waals surface area contributed by atoms with Gasteiger partial charge in [-0.25, -0.2) is 9.97 Å². The summed E-state index contributed by atoms with van der Waals surface area (Å²) < 4.78 is 0. The molecule has 17 heavy (non-hydrogen) atoms. The second kappa shape index (κ2) is 4.26. The van der Waals surface area contributed by atoms with E-state index >= 15 is 0 Å². The van der Waals surface area contributed by atoms with Gasteiger partial charge in [-0.1, -0.05) is 6.42 Å². The van der Waals surface area contributed by atoms with E-state index in [4.69, 9.17) is 5.73 Å². The van der Waals surface area contributed by atoms with Crippen molar-refractivity contribution >= 4 is 5.95 Å². The predicted octanol–water partition coefficient (Wildman–Crippen LogP) is 1.48. The van der Waals surface area contributed by atoms with E-state index in [1.165, 1.54) is 19.3 Å². The lowest BCUT2D eigenvalue weighted by Gasteiger charge is -2.18. The van der Waals surface area contributed by atoms with Gasteiger partial charge >= 0.3 is 0 Å². The Hall–Kier alpha value is -1.16. The van der Waals surface area contributed by atoms with E-state index in [2.05, 4.69) is 14.9 Å². The zero-order chi connectivity index (χ0) is 11.8. The molecule has 2 heterocycles. The Balaban J connectivity index is 1.82. The molecule has 2 unspecified atom stereocenters. The van der Waals surface area contributed by atoms with Gasteiger partial charge in [0.2, 0.25) is 5.95 Å². The average Bonchev–Trinajstić information content (AvgIpc) is 2.88. The molecular weight excluding hydrogens is 212 g/mol. The summed E-state index contributed by atoms with van der Waals surface area (Å²) >= 11 is 0. The minimum atomic E-state index is 0.497. The smallest absolute Gasteiger partial charge is 0.225 e. The molecule has 0 spiro atoms. The molecule has 0 bridgehead atoms. The molecule has 1 saturated carbocycles. The van der Waals surface area contributed by atoms with E-state index < -0.39 is 0 Å². The van der Waals surface area contributed by atoms with Gasteiger partial charge in [0.05, 0.1) is 5.69 Å². The van der Waals surface area contributed by atoms with Crippen LogP contribution in [-0.4, -0.2) is 23.1 Å². The summed E-state index contributed by atoms with van der Waals surface area (Å²) in [5.74, 6) is 2.64. The van der Waals surface area contributed by atoms with Gasteiger partial charge in [0.1, 0.15) is 0 Å². The van der Waals surface area contributed by atoms with E-state index in [0.29, 0.717) is 6.54 Å². The standard InChI is InChI=1S/C13H20N4/c1-9-5-12(6-14)16-13(15-9)17-7-10-3-2-4-11(10)8-17/h5,10-11H,2-4,6-8,14H2,1H3. The van der Waals surface area contributed by atoms with Crippen molar-refractivity contribution < 1.29 is 0 Å². The van der Waals surface area contributed by atoms with Crippen LogP contribution in [0.15, 0.2) is 6.07 Å². The van der Waals surface area contributed by atoms with Crippen LogP contribution in [0.25, 0.3) is 0 Å². The van der Waals surface area contributed by atoms with E-state index in [1.54, 1.807) is 0 Å². The topological polar surface area (TPSA) is 55.0 Å². The van der Waals surface area contributed by atoms with Crippen LogP contribution in [0.4, 0.5) is 5.95 Å². The highest BCUT2D eigenvalue weighted by molar-refractivity contribution is 5.34. The van der Waals surface area contributed by atoms with Gasteiger partial charge in [-0.3, -0.25) is 0 Å². The van der Waals surface area contributed by atoms with E-state index in [1.807, 2.05) is 13.0 Å². The first kappa shape index (κ1) is 11.0. The Kier molecular flexibility index (Phi) is 2.74. The Morgan fingerprint density at radius 2 is 2.00 bits per heavy atom. The fraction of sp³-hybridized carbons (Fsp3) is 0.692. The molecule has 1 aliphatic carbocycles. The second-order valence-electron chi connectivity index (χ2n) is 5.36. The van der Waals surface area contributed by atoms with Crippen molar-refractivity contribution in [3.8, 4) is 0 Å². The highest BCUT2D eigenvalue weighted by Crippen LogP contribution is 2.38. The van der Waals surface area contributed by atoms with Crippen LogP contribution in [0, 0.1) is 18.8 Å². The van der Waals surface area contributed by atoms with Gasteiger partial charge in [0.15, 0.2) is 0 Å². The van der Waals surface area contributed by atoms with Crippen molar-refractivity contribution in [1.82, 2.24) is 9.97 Å². The van der Waals surface area contributed by atoms with Gasteiger partial charge in [0, 0.05) is 25.3 Å². The van der Waals surface area contributed by atoms with E-state index in [-0.39, 0.29) is 0 Å². The maximum atomic E-state index is 5.67. The van der Waals surface area contributed by atoms with E-state index in [9.17, 15) is 0 Å². The molecule has 3 rings (SSSR count). The van der Waals surface area contributed by atoms with E-state index in [0.717, 1.165) is 42.3 Å². The van der Waals surface area contributed by atoms with Gasteiger partial charge < -0.3 is 10.6 Å². The molecule has 0 amide bonds. The normalized spacial score (nSPS) is 27.5. The summed E-state index contributed by atoms with van der Waals surface area (Å²) in [5, 5.41) is 0. The van der Waals surface area contributed by atoms with Crippen LogP contribution in [0.2, 0.25) is 0 Å². The largest absolute Gasteiger partial charge is 0.340 e. The van der Waals surface area contributed by atoms with Crippen molar-refractivity contribution in [2.24, 2.45) is 17.6 Å². The number of nitrogens with two attached hydrogens (primary N) is 1. The predicted molar refractivity (Wildman–Crippen MR) is 67.7 cm³/mol.